The third-order valence-electron chi connectivity index (χ3n) is 2.69. The Hall–Kier alpha value is -1.07. The lowest BCUT2D eigenvalue weighted by Crippen LogP contribution is -2.39. The Morgan fingerprint density at radius 1 is 1.47 bits per heavy atom. The third kappa shape index (κ3) is 5.61. The van der Waals surface area contributed by atoms with E-state index in [4.69, 9.17) is 0 Å². The number of phenols is 1. The van der Waals surface area contributed by atoms with Gasteiger partial charge < -0.3 is 10.4 Å². The van der Waals surface area contributed by atoms with Crippen LogP contribution in [0.3, 0.4) is 0 Å². The zero-order chi connectivity index (χ0) is 14.4. The molecule has 5 heteroatoms. The van der Waals surface area contributed by atoms with Gasteiger partial charge in [0.25, 0.3) is 0 Å². The van der Waals surface area contributed by atoms with E-state index in [-0.39, 0.29) is 17.7 Å². The largest absolute Gasteiger partial charge is 0.508 e. The number of phenolic OH excluding ortho intramolecular Hbond substituents is 1. The van der Waals surface area contributed by atoms with Gasteiger partial charge in [0.05, 0.1) is 6.54 Å². The van der Waals surface area contributed by atoms with E-state index in [0.29, 0.717) is 13.1 Å². The lowest BCUT2D eigenvalue weighted by molar-refractivity contribution is -0.122. The fourth-order valence-electron chi connectivity index (χ4n) is 1.77. The van der Waals surface area contributed by atoms with Gasteiger partial charge in [-0.2, -0.15) is 0 Å². The highest BCUT2D eigenvalue weighted by Gasteiger charge is 2.12. The van der Waals surface area contributed by atoms with Crippen LogP contribution < -0.4 is 5.32 Å². The van der Waals surface area contributed by atoms with E-state index in [2.05, 4.69) is 21.2 Å². The van der Waals surface area contributed by atoms with Gasteiger partial charge in [-0.05, 0) is 44.2 Å². The zero-order valence-corrected chi connectivity index (χ0v) is 13.2. The number of halogens is 1. The molecular formula is C14H21BrN2O2. The van der Waals surface area contributed by atoms with E-state index in [1.807, 2.05) is 31.7 Å². The molecule has 4 nitrogen and oxygen atoms in total. The minimum Gasteiger partial charge on any atom is -0.508 e. The van der Waals surface area contributed by atoms with Crippen molar-refractivity contribution in [2.75, 3.05) is 13.1 Å². The van der Waals surface area contributed by atoms with Gasteiger partial charge in [0.2, 0.25) is 5.91 Å². The molecule has 0 aliphatic heterocycles. The van der Waals surface area contributed by atoms with E-state index in [1.165, 1.54) is 0 Å². The van der Waals surface area contributed by atoms with Crippen LogP contribution in [-0.2, 0) is 11.3 Å². The van der Waals surface area contributed by atoms with Crippen LogP contribution in [-0.4, -0.2) is 35.0 Å². The predicted molar refractivity (Wildman–Crippen MR) is 80.0 cm³/mol. The zero-order valence-electron chi connectivity index (χ0n) is 11.6. The number of carbonyl (C=O) groups is 1. The quantitative estimate of drug-likeness (QED) is 0.843. The predicted octanol–water partition coefficient (Wildman–Crippen LogP) is 2.50. The molecule has 1 amide bonds. The lowest BCUT2D eigenvalue weighted by Gasteiger charge is -2.21. The molecule has 0 atom stereocenters. The first-order valence-corrected chi connectivity index (χ1v) is 7.20. The van der Waals surface area contributed by atoms with E-state index in [9.17, 15) is 9.90 Å². The number of hydrogen-bond acceptors (Lipinski definition) is 3. The number of carbonyl (C=O) groups excluding carboxylic acids is 1. The molecule has 19 heavy (non-hydrogen) atoms. The second kappa shape index (κ2) is 7.50. The summed E-state index contributed by atoms with van der Waals surface area (Å²) in [4.78, 5) is 13.8. The molecule has 0 bridgehead atoms. The topological polar surface area (TPSA) is 52.6 Å². The minimum atomic E-state index is 0.0214. The Morgan fingerprint density at radius 3 is 2.74 bits per heavy atom. The van der Waals surface area contributed by atoms with Gasteiger partial charge in [-0.1, -0.05) is 22.9 Å². The van der Waals surface area contributed by atoms with Crippen LogP contribution in [0.2, 0.25) is 0 Å². The molecule has 0 saturated heterocycles. The second-order valence-corrected chi connectivity index (χ2v) is 5.66. The number of amides is 1. The molecule has 0 radical (unpaired) electrons. The molecule has 0 aromatic heterocycles. The molecule has 0 unspecified atom stereocenters. The summed E-state index contributed by atoms with van der Waals surface area (Å²) in [6, 6.07) is 5.31. The maximum Gasteiger partial charge on any atom is 0.234 e. The Balaban J connectivity index is 2.66. The maximum absolute atomic E-state index is 11.8. The van der Waals surface area contributed by atoms with Gasteiger partial charge in [0, 0.05) is 17.1 Å². The van der Waals surface area contributed by atoms with E-state index < -0.39 is 0 Å². The van der Waals surface area contributed by atoms with E-state index in [0.717, 1.165) is 16.6 Å². The van der Waals surface area contributed by atoms with Gasteiger partial charge >= 0.3 is 0 Å². The number of likely N-dealkylation sites (N-methyl/N-ethyl adjacent to an activating group) is 1. The summed E-state index contributed by atoms with van der Waals surface area (Å²) in [5.74, 6) is 0.258. The summed E-state index contributed by atoms with van der Waals surface area (Å²) in [7, 11) is 0. The average Bonchev–Trinajstić information content (AvgIpc) is 2.31. The van der Waals surface area contributed by atoms with Crippen molar-refractivity contribution >= 4 is 21.8 Å². The third-order valence-corrected chi connectivity index (χ3v) is 3.46. The Labute approximate surface area is 122 Å². The highest BCUT2D eigenvalue weighted by atomic mass is 79.9. The molecule has 0 fully saturated rings. The molecule has 0 saturated carbocycles. The van der Waals surface area contributed by atoms with Crippen molar-refractivity contribution in [3.8, 4) is 5.75 Å². The van der Waals surface area contributed by atoms with Crippen LogP contribution in [0, 0.1) is 0 Å². The fourth-order valence-corrected chi connectivity index (χ4v) is 2.15. The van der Waals surface area contributed by atoms with Crippen LogP contribution in [0.5, 0.6) is 5.75 Å². The van der Waals surface area contributed by atoms with Crippen LogP contribution >= 0.6 is 15.9 Å². The number of nitrogens with one attached hydrogen (secondary N) is 1. The Morgan fingerprint density at radius 2 is 2.16 bits per heavy atom. The lowest BCUT2D eigenvalue weighted by atomic mass is 10.2. The molecule has 1 aromatic rings. The normalized spacial score (nSPS) is 11.1. The molecular weight excluding hydrogens is 308 g/mol. The number of nitrogens with zero attached hydrogens (tertiary/aromatic N) is 1. The molecule has 1 rings (SSSR count). The SMILES string of the molecule is CCN(CC(=O)NC(C)C)Cc1cc(O)ccc1Br. The number of hydrogen-bond donors (Lipinski definition) is 2. The number of benzene rings is 1. The summed E-state index contributed by atoms with van der Waals surface area (Å²) < 4.78 is 0.938. The van der Waals surface area contributed by atoms with Crippen molar-refractivity contribution < 1.29 is 9.90 Å². The van der Waals surface area contributed by atoms with Gasteiger partial charge in [0.15, 0.2) is 0 Å². The van der Waals surface area contributed by atoms with Crippen LogP contribution in [0.15, 0.2) is 22.7 Å². The molecule has 0 aliphatic carbocycles. The fraction of sp³-hybridized carbons (Fsp3) is 0.500. The first-order chi connectivity index (χ1) is 8.92. The monoisotopic (exact) mass is 328 g/mol. The van der Waals surface area contributed by atoms with Crippen LogP contribution in [0.25, 0.3) is 0 Å². The summed E-state index contributed by atoms with van der Waals surface area (Å²) in [5, 5.41) is 12.4. The van der Waals surface area contributed by atoms with Gasteiger partial charge in [-0.3, -0.25) is 9.69 Å². The van der Waals surface area contributed by atoms with Gasteiger partial charge in [-0.15, -0.1) is 0 Å². The molecule has 2 N–H and O–H groups in total. The van der Waals surface area contributed by atoms with Crippen molar-refractivity contribution in [2.45, 2.75) is 33.4 Å². The van der Waals surface area contributed by atoms with E-state index in [1.54, 1.807) is 12.1 Å². The summed E-state index contributed by atoms with van der Waals surface area (Å²) in [6.07, 6.45) is 0. The van der Waals surface area contributed by atoms with Crippen molar-refractivity contribution in [2.24, 2.45) is 0 Å². The van der Waals surface area contributed by atoms with Crippen LogP contribution in [0.1, 0.15) is 26.3 Å². The van der Waals surface area contributed by atoms with Gasteiger partial charge in [-0.25, -0.2) is 0 Å². The minimum absolute atomic E-state index is 0.0214. The standard InChI is InChI=1S/C14H21BrN2O2/c1-4-17(9-14(19)16-10(2)3)8-11-7-12(18)5-6-13(11)15/h5-7,10,18H,4,8-9H2,1-3H3,(H,16,19). The number of rotatable bonds is 6. The number of aromatic hydroxyl groups is 1. The summed E-state index contributed by atoms with van der Waals surface area (Å²) in [6.45, 7) is 7.65. The summed E-state index contributed by atoms with van der Waals surface area (Å²) >= 11 is 3.46. The van der Waals surface area contributed by atoms with Crippen molar-refractivity contribution in [1.29, 1.82) is 0 Å². The first-order valence-electron chi connectivity index (χ1n) is 6.41. The highest BCUT2D eigenvalue weighted by Crippen LogP contribution is 2.22. The summed E-state index contributed by atoms with van der Waals surface area (Å²) in [5.41, 5.74) is 0.971. The molecule has 106 valence electrons. The second-order valence-electron chi connectivity index (χ2n) is 4.80. The molecule has 0 aliphatic rings. The van der Waals surface area contributed by atoms with E-state index >= 15 is 0 Å². The van der Waals surface area contributed by atoms with Crippen molar-refractivity contribution in [3.05, 3.63) is 28.2 Å². The van der Waals surface area contributed by atoms with Crippen molar-refractivity contribution in [1.82, 2.24) is 10.2 Å². The molecule has 0 heterocycles. The van der Waals surface area contributed by atoms with Crippen LogP contribution in [0.4, 0.5) is 0 Å². The molecule has 1 aromatic carbocycles. The molecule has 0 spiro atoms. The smallest absolute Gasteiger partial charge is 0.234 e. The Kier molecular flexibility index (Phi) is 6.31. The Bertz CT molecular complexity index is 435. The first kappa shape index (κ1) is 16.0. The van der Waals surface area contributed by atoms with Crippen molar-refractivity contribution in [3.63, 3.8) is 0 Å². The maximum atomic E-state index is 11.8. The van der Waals surface area contributed by atoms with Gasteiger partial charge in [0.1, 0.15) is 5.75 Å². The highest BCUT2D eigenvalue weighted by molar-refractivity contribution is 9.10. The average molecular weight is 329 g/mol.